The van der Waals surface area contributed by atoms with Crippen LogP contribution in [0.4, 0.5) is 5.82 Å². The van der Waals surface area contributed by atoms with E-state index < -0.39 is 18.3 Å². The third-order valence-corrected chi connectivity index (χ3v) is 4.42. The predicted molar refractivity (Wildman–Crippen MR) is 78.9 cm³/mol. The van der Waals surface area contributed by atoms with Crippen LogP contribution in [0.15, 0.2) is 12.3 Å². The van der Waals surface area contributed by atoms with Crippen molar-refractivity contribution >= 4 is 24.3 Å². The number of anilines is 1. The molecule has 0 saturated carbocycles. The highest BCUT2D eigenvalue weighted by atomic mass is 16.7. The van der Waals surface area contributed by atoms with Crippen molar-refractivity contribution in [3.8, 4) is 5.75 Å². The third-order valence-electron chi connectivity index (χ3n) is 4.42. The van der Waals surface area contributed by atoms with Crippen molar-refractivity contribution in [3.63, 3.8) is 0 Å². The molecule has 6 nitrogen and oxygen atoms in total. The van der Waals surface area contributed by atoms with E-state index in [-0.39, 0.29) is 12.5 Å². The van der Waals surface area contributed by atoms with Crippen molar-refractivity contribution < 1.29 is 18.8 Å². The van der Waals surface area contributed by atoms with Gasteiger partial charge in [0.1, 0.15) is 0 Å². The Morgan fingerprint density at radius 3 is 2.48 bits per heavy atom. The molecule has 21 heavy (non-hydrogen) atoms. The lowest BCUT2D eigenvalue weighted by molar-refractivity contribution is -0.121. The second kappa shape index (κ2) is 4.45. The standard InChI is InChI=1S/C14H19BN2O4/c1-13(2)14(3,4)21-15(20-13)9-6-10-12(16-7-9)17(5)11(18)8-19-10/h6-7H,8H2,1-5H3. The first-order chi connectivity index (χ1) is 9.71. The first-order valence-electron chi connectivity index (χ1n) is 6.96. The van der Waals surface area contributed by atoms with E-state index in [0.29, 0.717) is 11.6 Å². The molecule has 0 aliphatic carbocycles. The number of likely N-dealkylation sites (N-methyl/N-ethyl adjacent to an activating group) is 1. The number of fused-ring (bicyclic) bond motifs is 1. The Labute approximate surface area is 124 Å². The Morgan fingerprint density at radius 1 is 1.24 bits per heavy atom. The van der Waals surface area contributed by atoms with E-state index in [1.54, 1.807) is 13.2 Å². The predicted octanol–water partition coefficient (Wildman–Crippen LogP) is 0.736. The molecular weight excluding hydrogens is 271 g/mol. The molecule has 1 saturated heterocycles. The van der Waals surface area contributed by atoms with Crippen LogP contribution < -0.4 is 15.1 Å². The van der Waals surface area contributed by atoms with Crippen molar-refractivity contribution in [2.75, 3.05) is 18.6 Å². The number of carbonyl (C=O) groups is 1. The number of hydrogen-bond donors (Lipinski definition) is 0. The summed E-state index contributed by atoms with van der Waals surface area (Å²) in [6, 6.07) is 1.83. The van der Waals surface area contributed by atoms with Crippen molar-refractivity contribution in [1.29, 1.82) is 0 Å². The minimum absolute atomic E-state index is 0.0258. The van der Waals surface area contributed by atoms with Gasteiger partial charge in [-0.15, -0.1) is 0 Å². The van der Waals surface area contributed by atoms with Crippen molar-refractivity contribution in [1.82, 2.24) is 4.98 Å². The number of pyridine rings is 1. The smallest absolute Gasteiger partial charge is 0.480 e. The average molecular weight is 290 g/mol. The van der Waals surface area contributed by atoms with E-state index in [9.17, 15) is 4.79 Å². The quantitative estimate of drug-likeness (QED) is 0.714. The van der Waals surface area contributed by atoms with Crippen molar-refractivity contribution in [2.24, 2.45) is 0 Å². The zero-order chi connectivity index (χ0) is 15.4. The van der Waals surface area contributed by atoms with Gasteiger partial charge in [0.15, 0.2) is 18.2 Å². The van der Waals surface area contributed by atoms with Gasteiger partial charge >= 0.3 is 7.12 Å². The molecule has 0 spiro atoms. The molecule has 0 atom stereocenters. The number of carbonyl (C=O) groups excluding carboxylic acids is 1. The number of aromatic nitrogens is 1. The molecule has 1 amide bonds. The molecule has 2 aliphatic heterocycles. The molecule has 2 aliphatic rings. The molecule has 0 bridgehead atoms. The highest BCUT2D eigenvalue weighted by Crippen LogP contribution is 2.37. The Hall–Kier alpha value is -1.60. The number of hydrogen-bond acceptors (Lipinski definition) is 5. The summed E-state index contributed by atoms with van der Waals surface area (Å²) >= 11 is 0. The van der Waals surface area contributed by atoms with E-state index in [4.69, 9.17) is 14.0 Å². The van der Waals surface area contributed by atoms with Gasteiger partial charge in [0, 0.05) is 18.7 Å². The van der Waals surface area contributed by atoms with E-state index in [1.165, 1.54) is 4.90 Å². The summed E-state index contributed by atoms with van der Waals surface area (Å²) in [7, 11) is 1.20. The van der Waals surface area contributed by atoms with Crippen LogP contribution >= 0.6 is 0 Å². The molecule has 1 aromatic heterocycles. The molecule has 3 heterocycles. The Kier molecular flexibility index (Phi) is 3.04. The van der Waals surface area contributed by atoms with Crippen molar-refractivity contribution in [2.45, 2.75) is 38.9 Å². The number of ether oxygens (including phenoxy) is 1. The fraction of sp³-hybridized carbons (Fsp3) is 0.571. The van der Waals surface area contributed by atoms with Crippen LogP contribution in [-0.4, -0.2) is 42.9 Å². The summed E-state index contributed by atoms with van der Waals surface area (Å²) in [4.78, 5) is 17.4. The number of rotatable bonds is 1. The molecule has 112 valence electrons. The highest BCUT2D eigenvalue weighted by molar-refractivity contribution is 6.62. The molecule has 1 aromatic rings. The fourth-order valence-electron chi connectivity index (χ4n) is 2.27. The van der Waals surface area contributed by atoms with Crippen LogP contribution in [0.5, 0.6) is 5.75 Å². The van der Waals surface area contributed by atoms with Crippen LogP contribution in [0, 0.1) is 0 Å². The second-order valence-corrected chi connectivity index (χ2v) is 6.42. The highest BCUT2D eigenvalue weighted by Gasteiger charge is 2.52. The summed E-state index contributed by atoms with van der Waals surface area (Å²) in [5.74, 6) is 0.981. The maximum Gasteiger partial charge on any atom is 0.496 e. The molecule has 0 radical (unpaired) electrons. The largest absolute Gasteiger partial charge is 0.496 e. The van der Waals surface area contributed by atoms with Crippen LogP contribution in [-0.2, 0) is 14.1 Å². The second-order valence-electron chi connectivity index (χ2n) is 6.42. The van der Waals surface area contributed by atoms with Crippen LogP contribution in [0.25, 0.3) is 0 Å². The van der Waals surface area contributed by atoms with Crippen molar-refractivity contribution in [3.05, 3.63) is 12.3 Å². The number of nitrogens with zero attached hydrogens (tertiary/aromatic N) is 2. The molecular formula is C14H19BN2O4. The molecule has 1 fully saturated rings. The van der Waals surface area contributed by atoms with E-state index in [0.717, 1.165) is 5.46 Å². The molecule has 0 unspecified atom stereocenters. The van der Waals surface area contributed by atoms with Gasteiger partial charge in [0.25, 0.3) is 5.91 Å². The van der Waals surface area contributed by atoms with E-state index >= 15 is 0 Å². The maximum absolute atomic E-state index is 11.6. The van der Waals surface area contributed by atoms with Gasteiger partial charge in [-0.1, -0.05) is 0 Å². The first kappa shape index (κ1) is 14.3. The lowest BCUT2D eigenvalue weighted by Gasteiger charge is -2.32. The Balaban J connectivity index is 1.91. The Bertz CT molecular complexity index is 587. The number of amides is 1. The van der Waals surface area contributed by atoms with Gasteiger partial charge in [0.2, 0.25) is 0 Å². The van der Waals surface area contributed by atoms with Gasteiger partial charge in [-0.05, 0) is 33.8 Å². The zero-order valence-electron chi connectivity index (χ0n) is 13.0. The monoisotopic (exact) mass is 290 g/mol. The summed E-state index contributed by atoms with van der Waals surface area (Å²) in [6.07, 6.45) is 1.67. The summed E-state index contributed by atoms with van der Waals surface area (Å²) < 4.78 is 17.4. The lowest BCUT2D eigenvalue weighted by Crippen LogP contribution is -2.41. The topological polar surface area (TPSA) is 60.9 Å². The molecule has 0 aromatic carbocycles. The van der Waals surface area contributed by atoms with Gasteiger partial charge in [-0.25, -0.2) is 4.98 Å². The minimum Gasteiger partial charge on any atom is -0.480 e. The average Bonchev–Trinajstić information content (AvgIpc) is 2.63. The maximum atomic E-state index is 11.6. The van der Waals surface area contributed by atoms with E-state index in [1.807, 2.05) is 33.8 Å². The third kappa shape index (κ3) is 2.20. The lowest BCUT2D eigenvalue weighted by atomic mass is 9.80. The molecule has 7 heteroatoms. The van der Waals surface area contributed by atoms with E-state index in [2.05, 4.69) is 4.98 Å². The first-order valence-corrected chi connectivity index (χ1v) is 6.96. The Morgan fingerprint density at radius 2 is 1.86 bits per heavy atom. The van der Waals surface area contributed by atoms with Gasteiger partial charge in [0.05, 0.1) is 11.2 Å². The fourth-order valence-corrected chi connectivity index (χ4v) is 2.27. The normalized spacial score (nSPS) is 23.0. The van der Waals surface area contributed by atoms with Gasteiger partial charge in [-0.3, -0.25) is 9.69 Å². The summed E-state index contributed by atoms with van der Waals surface area (Å²) in [6.45, 7) is 8.03. The molecule has 0 N–H and O–H groups in total. The van der Waals surface area contributed by atoms with Gasteiger partial charge in [-0.2, -0.15) is 0 Å². The summed E-state index contributed by atoms with van der Waals surface area (Å²) in [5.41, 5.74) is -0.0160. The SMILES string of the molecule is CN1C(=O)COc2cc(B3OC(C)(C)C(C)(C)O3)cnc21. The molecule has 3 rings (SSSR count). The van der Waals surface area contributed by atoms with Crippen LogP contribution in [0.1, 0.15) is 27.7 Å². The van der Waals surface area contributed by atoms with Gasteiger partial charge < -0.3 is 14.0 Å². The minimum atomic E-state index is -0.487. The summed E-state index contributed by atoms with van der Waals surface area (Å²) in [5, 5.41) is 0. The van der Waals surface area contributed by atoms with Crippen LogP contribution in [0.2, 0.25) is 0 Å². The zero-order valence-corrected chi connectivity index (χ0v) is 13.0. The van der Waals surface area contributed by atoms with Crippen LogP contribution in [0.3, 0.4) is 0 Å².